The largest absolute Gasteiger partial charge is 0.466 e. The smallest absolute Gasteiger partial charge is 0.306 e. The average molecular weight is 560 g/mol. The molecule has 218 valence electrons. The van der Waals surface area contributed by atoms with Crippen LogP contribution in [-0.2, 0) is 32.2 Å². The van der Waals surface area contributed by atoms with E-state index in [9.17, 15) is 9.90 Å². The Morgan fingerprint density at radius 3 is 2.51 bits per heavy atom. The number of aromatic nitrogens is 3. The Balaban J connectivity index is 1.41. The number of aliphatic hydroxyl groups excluding tert-OH is 1. The maximum absolute atomic E-state index is 12.6. The number of hydrogen-bond donors (Lipinski definition) is 1. The van der Waals surface area contributed by atoms with Gasteiger partial charge in [-0.15, -0.1) is 5.10 Å². The Morgan fingerprint density at radius 2 is 1.76 bits per heavy atom. The lowest BCUT2D eigenvalue weighted by molar-refractivity contribution is -0.143. The lowest BCUT2D eigenvalue weighted by Gasteiger charge is -2.21. The summed E-state index contributed by atoms with van der Waals surface area (Å²) in [7, 11) is 0. The highest BCUT2D eigenvalue weighted by Gasteiger charge is 2.24. The van der Waals surface area contributed by atoms with Gasteiger partial charge in [0, 0.05) is 19.1 Å². The van der Waals surface area contributed by atoms with Crippen molar-refractivity contribution in [1.82, 2.24) is 15.0 Å². The second-order valence-corrected chi connectivity index (χ2v) is 10.3. The van der Waals surface area contributed by atoms with Crippen LogP contribution in [0.4, 0.5) is 0 Å². The van der Waals surface area contributed by atoms with E-state index in [2.05, 4.69) is 16.4 Å². The molecule has 4 aromatic rings. The molecular weight excluding hydrogens is 518 g/mol. The fourth-order valence-electron chi connectivity index (χ4n) is 5.15. The molecule has 0 saturated heterocycles. The predicted octanol–water partition coefficient (Wildman–Crippen LogP) is 5.81. The standard InChI is InChI=1S/C33H41N3O5/c1-5-41-32(38)21-30(27-13-12-23(2)29(20-27)25(4)37)28-14-15-31-33(24(28)3)34-35-36(31)16-9-17-39-18-19-40-22-26-10-7-6-8-11-26/h6-8,10-15,20,25,30,37H,5,9,16-19,21-22H2,1-4H3/t25-,30?/m0/s1. The Bertz CT molecular complexity index is 1420. The maximum atomic E-state index is 12.6. The molecule has 0 saturated carbocycles. The Hall–Kier alpha value is -3.59. The van der Waals surface area contributed by atoms with Crippen molar-refractivity contribution in [2.24, 2.45) is 0 Å². The van der Waals surface area contributed by atoms with Crippen LogP contribution in [0.3, 0.4) is 0 Å². The number of rotatable bonds is 15. The summed E-state index contributed by atoms with van der Waals surface area (Å²) in [5.74, 6) is -0.496. The van der Waals surface area contributed by atoms with E-state index in [0.29, 0.717) is 39.6 Å². The third kappa shape index (κ3) is 8.00. The summed E-state index contributed by atoms with van der Waals surface area (Å²) in [4.78, 5) is 12.6. The van der Waals surface area contributed by atoms with Crippen LogP contribution >= 0.6 is 0 Å². The molecule has 0 aliphatic heterocycles. The molecule has 8 nitrogen and oxygen atoms in total. The first-order chi connectivity index (χ1) is 19.9. The molecule has 4 rings (SSSR count). The fourth-order valence-corrected chi connectivity index (χ4v) is 5.15. The molecule has 1 aromatic heterocycles. The van der Waals surface area contributed by atoms with Gasteiger partial charge in [0.05, 0.1) is 44.5 Å². The van der Waals surface area contributed by atoms with Crippen LogP contribution in [0.1, 0.15) is 72.1 Å². The van der Waals surface area contributed by atoms with Crippen molar-refractivity contribution in [3.05, 3.63) is 94.0 Å². The molecule has 0 aliphatic carbocycles. The molecule has 0 bridgehead atoms. The van der Waals surface area contributed by atoms with E-state index in [1.165, 1.54) is 0 Å². The van der Waals surface area contributed by atoms with E-state index in [1.54, 1.807) is 6.92 Å². The molecule has 3 aromatic carbocycles. The third-order valence-electron chi connectivity index (χ3n) is 7.33. The van der Waals surface area contributed by atoms with Crippen molar-refractivity contribution < 1.29 is 24.1 Å². The van der Waals surface area contributed by atoms with E-state index >= 15 is 0 Å². The van der Waals surface area contributed by atoms with Crippen LogP contribution in [-0.4, -0.2) is 52.5 Å². The van der Waals surface area contributed by atoms with Gasteiger partial charge < -0.3 is 19.3 Å². The van der Waals surface area contributed by atoms with Crippen LogP contribution in [0.5, 0.6) is 0 Å². The SMILES string of the molecule is CCOC(=O)CC(c1ccc(C)c([C@H](C)O)c1)c1ccc2c(nnn2CCCOCCOCc2ccccc2)c1C. The van der Waals surface area contributed by atoms with Crippen molar-refractivity contribution in [3.63, 3.8) is 0 Å². The third-order valence-corrected chi connectivity index (χ3v) is 7.33. The monoisotopic (exact) mass is 559 g/mol. The number of aryl methyl sites for hydroxylation is 3. The summed E-state index contributed by atoms with van der Waals surface area (Å²) in [6.45, 7) is 10.9. The van der Waals surface area contributed by atoms with Gasteiger partial charge in [0.15, 0.2) is 0 Å². The lowest BCUT2D eigenvalue weighted by Crippen LogP contribution is -2.13. The number of fused-ring (bicyclic) bond motifs is 1. The maximum Gasteiger partial charge on any atom is 0.306 e. The summed E-state index contributed by atoms with van der Waals surface area (Å²) in [6, 6.07) is 20.2. The van der Waals surface area contributed by atoms with Gasteiger partial charge in [-0.25, -0.2) is 4.68 Å². The first kappa shape index (κ1) is 30.4. The molecule has 0 amide bonds. The van der Waals surface area contributed by atoms with Crippen molar-refractivity contribution in [2.45, 2.75) is 65.7 Å². The van der Waals surface area contributed by atoms with E-state index in [1.807, 2.05) is 80.1 Å². The number of ether oxygens (including phenoxy) is 3. The number of hydrogen-bond acceptors (Lipinski definition) is 7. The predicted molar refractivity (Wildman–Crippen MR) is 159 cm³/mol. The zero-order valence-electron chi connectivity index (χ0n) is 24.5. The van der Waals surface area contributed by atoms with Gasteiger partial charge in [0.1, 0.15) is 5.52 Å². The van der Waals surface area contributed by atoms with Gasteiger partial charge in [-0.05, 0) is 73.6 Å². The van der Waals surface area contributed by atoms with Gasteiger partial charge in [-0.2, -0.15) is 0 Å². The van der Waals surface area contributed by atoms with Crippen LogP contribution < -0.4 is 0 Å². The Labute approximate surface area is 242 Å². The van der Waals surface area contributed by atoms with Crippen molar-refractivity contribution >= 4 is 17.0 Å². The highest BCUT2D eigenvalue weighted by molar-refractivity contribution is 5.80. The number of carbonyl (C=O) groups is 1. The lowest BCUT2D eigenvalue weighted by atomic mass is 9.84. The molecule has 0 fully saturated rings. The van der Waals surface area contributed by atoms with E-state index in [4.69, 9.17) is 14.2 Å². The minimum atomic E-state index is -0.604. The fraction of sp³-hybridized carbons (Fsp3) is 0.424. The second kappa shape index (κ2) is 14.9. The van der Waals surface area contributed by atoms with E-state index < -0.39 is 6.10 Å². The first-order valence-electron chi connectivity index (χ1n) is 14.3. The van der Waals surface area contributed by atoms with Gasteiger partial charge in [-0.1, -0.05) is 59.8 Å². The van der Waals surface area contributed by atoms with Gasteiger partial charge in [-0.3, -0.25) is 4.79 Å². The topological polar surface area (TPSA) is 95.7 Å². The van der Waals surface area contributed by atoms with Crippen molar-refractivity contribution in [1.29, 1.82) is 0 Å². The molecule has 0 spiro atoms. The molecule has 0 radical (unpaired) electrons. The normalized spacial score (nSPS) is 12.9. The van der Waals surface area contributed by atoms with Crippen LogP contribution in [0.15, 0.2) is 60.7 Å². The zero-order chi connectivity index (χ0) is 29.2. The minimum Gasteiger partial charge on any atom is -0.466 e. The van der Waals surface area contributed by atoms with Gasteiger partial charge >= 0.3 is 5.97 Å². The Morgan fingerprint density at radius 1 is 0.976 bits per heavy atom. The summed E-state index contributed by atoms with van der Waals surface area (Å²) >= 11 is 0. The quantitative estimate of drug-likeness (QED) is 0.145. The molecule has 2 atom stereocenters. The minimum absolute atomic E-state index is 0.197. The summed E-state index contributed by atoms with van der Waals surface area (Å²) < 4.78 is 18.6. The van der Waals surface area contributed by atoms with Gasteiger partial charge in [0.2, 0.25) is 0 Å². The number of esters is 1. The average Bonchev–Trinajstić information content (AvgIpc) is 3.38. The van der Waals surface area contributed by atoms with E-state index in [-0.39, 0.29) is 18.3 Å². The molecular formula is C33H41N3O5. The zero-order valence-corrected chi connectivity index (χ0v) is 24.5. The number of benzene rings is 3. The Kier molecular flexibility index (Phi) is 11.0. The van der Waals surface area contributed by atoms with Crippen molar-refractivity contribution in [3.8, 4) is 0 Å². The van der Waals surface area contributed by atoms with Crippen LogP contribution in [0.2, 0.25) is 0 Å². The second-order valence-electron chi connectivity index (χ2n) is 10.3. The molecule has 8 heteroatoms. The highest BCUT2D eigenvalue weighted by atomic mass is 16.5. The van der Waals surface area contributed by atoms with Crippen LogP contribution in [0, 0.1) is 13.8 Å². The first-order valence-corrected chi connectivity index (χ1v) is 14.3. The number of aliphatic hydroxyl groups is 1. The molecule has 0 aliphatic rings. The summed E-state index contributed by atoms with van der Waals surface area (Å²) in [6.07, 6.45) is 0.394. The van der Waals surface area contributed by atoms with Crippen LogP contribution in [0.25, 0.3) is 11.0 Å². The molecule has 1 heterocycles. The van der Waals surface area contributed by atoms with Crippen molar-refractivity contribution in [2.75, 3.05) is 26.4 Å². The summed E-state index contributed by atoms with van der Waals surface area (Å²) in [5.41, 5.74) is 7.71. The molecule has 41 heavy (non-hydrogen) atoms. The molecule has 1 unspecified atom stereocenters. The highest BCUT2D eigenvalue weighted by Crippen LogP contribution is 2.35. The van der Waals surface area contributed by atoms with Gasteiger partial charge in [0.25, 0.3) is 0 Å². The summed E-state index contributed by atoms with van der Waals surface area (Å²) in [5, 5.41) is 19.2. The van der Waals surface area contributed by atoms with E-state index in [0.717, 1.165) is 50.8 Å². The number of carbonyl (C=O) groups excluding carboxylic acids is 1. The number of nitrogens with zero attached hydrogens (tertiary/aromatic N) is 3. The molecule has 1 N–H and O–H groups in total.